The maximum atomic E-state index is 12.6. The third-order valence-corrected chi connectivity index (χ3v) is 7.17. The highest BCUT2D eigenvalue weighted by Gasteiger charge is 2.38. The van der Waals surface area contributed by atoms with E-state index < -0.39 is 6.10 Å². The molecule has 2 aromatic heterocycles. The molecule has 0 saturated carbocycles. The molecule has 4 aromatic rings. The van der Waals surface area contributed by atoms with Crippen LogP contribution in [-0.2, 0) is 11.3 Å². The molecule has 2 aliphatic rings. The van der Waals surface area contributed by atoms with Gasteiger partial charge in [-0.2, -0.15) is 4.99 Å². The second kappa shape index (κ2) is 8.42. The minimum Gasteiger partial charge on any atom is -0.473 e. The van der Waals surface area contributed by atoms with Crippen molar-refractivity contribution in [1.29, 1.82) is 0 Å². The minimum absolute atomic E-state index is 0.322. The van der Waals surface area contributed by atoms with Crippen LogP contribution in [0.25, 0.3) is 10.7 Å². The van der Waals surface area contributed by atoms with E-state index in [1.165, 1.54) is 11.8 Å². The average Bonchev–Trinajstić information content (AvgIpc) is 3.58. The Morgan fingerprint density at radius 3 is 2.67 bits per heavy atom. The first-order chi connectivity index (χ1) is 16.3. The van der Waals surface area contributed by atoms with Gasteiger partial charge in [0.05, 0.1) is 17.2 Å². The van der Waals surface area contributed by atoms with Crippen molar-refractivity contribution in [2.75, 3.05) is 5.75 Å². The fourth-order valence-electron chi connectivity index (χ4n) is 3.83. The predicted molar refractivity (Wildman–Crippen MR) is 129 cm³/mol. The number of carbonyl (C=O) groups excluding carboxylic acids is 1. The summed E-state index contributed by atoms with van der Waals surface area (Å²) >= 11 is 3.10. The molecule has 0 radical (unpaired) electrons. The number of aliphatic imine (C=N–C) groups is 2. The van der Waals surface area contributed by atoms with Crippen molar-refractivity contribution >= 4 is 40.6 Å². The molecule has 2 aliphatic heterocycles. The highest BCUT2D eigenvalue weighted by Crippen LogP contribution is 2.32. The molecule has 2 aromatic carbocycles. The van der Waals surface area contributed by atoms with Gasteiger partial charge < -0.3 is 4.74 Å². The fraction of sp³-hybridized carbons (Fsp3) is 0.125. The molecule has 7 nitrogen and oxygen atoms in total. The van der Waals surface area contributed by atoms with Crippen LogP contribution in [0.4, 0.5) is 0 Å². The average molecular weight is 472 g/mol. The van der Waals surface area contributed by atoms with E-state index in [1.54, 1.807) is 11.3 Å². The third kappa shape index (κ3) is 3.79. The van der Waals surface area contributed by atoms with Crippen LogP contribution >= 0.6 is 23.1 Å². The number of hydrogen-bond donors (Lipinski definition) is 0. The smallest absolute Gasteiger partial charge is 0.294 e. The van der Waals surface area contributed by atoms with Crippen molar-refractivity contribution in [3.63, 3.8) is 0 Å². The molecule has 4 heterocycles. The number of ether oxygens (including phenoxy) is 1. The summed E-state index contributed by atoms with van der Waals surface area (Å²) in [4.78, 5) is 22.5. The van der Waals surface area contributed by atoms with E-state index in [0.717, 1.165) is 27.0 Å². The van der Waals surface area contributed by atoms with Crippen LogP contribution in [0.3, 0.4) is 0 Å². The molecule has 9 heteroatoms. The first-order valence-electron chi connectivity index (χ1n) is 10.4. The predicted octanol–water partition coefficient (Wildman–Crippen LogP) is 4.34. The lowest BCUT2D eigenvalue weighted by Crippen LogP contribution is -2.35. The molecule has 6 rings (SSSR count). The number of nitrogens with zero attached hydrogens (tertiary/aromatic N) is 5. The zero-order chi connectivity index (χ0) is 22.2. The van der Waals surface area contributed by atoms with Crippen LogP contribution < -0.4 is 4.74 Å². The Balaban J connectivity index is 1.28. The topological polar surface area (TPSA) is 81.7 Å². The monoisotopic (exact) mass is 471 g/mol. The molecule has 1 atom stereocenters. The number of carbonyl (C=O) groups is 1. The first-order valence-corrected chi connectivity index (χ1v) is 12.2. The standard InChI is InChI=1S/C24H17N5O2S2/c30-23-21-20(16-9-4-5-10-17(16)31-21)25-19(26-23)14-33-24-28-27-22(18-11-6-12-32-18)29(24)13-15-7-2-1-3-8-15/h1-12,21H,13-14H2. The van der Waals surface area contributed by atoms with E-state index >= 15 is 0 Å². The summed E-state index contributed by atoms with van der Waals surface area (Å²) < 4.78 is 7.84. The van der Waals surface area contributed by atoms with Crippen LogP contribution in [0.1, 0.15) is 11.1 Å². The van der Waals surface area contributed by atoms with Crippen molar-refractivity contribution in [3.8, 4) is 16.5 Å². The van der Waals surface area contributed by atoms with E-state index in [1.807, 2.05) is 60.0 Å². The Kier molecular flexibility index (Phi) is 5.12. The number of fused-ring (bicyclic) bond motifs is 3. The lowest BCUT2D eigenvalue weighted by molar-refractivity contribution is -0.121. The van der Waals surface area contributed by atoms with Crippen LogP contribution in [0.15, 0.2) is 87.3 Å². The van der Waals surface area contributed by atoms with Gasteiger partial charge in [-0.05, 0) is 29.1 Å². The van der Waals surface area contributed by atoms with Crippen LogP contribution in [0.2, 0.25) is 0 Å². The molecule has 0 aliphatic carbocycles. The van der Waals surface area contributed by atoms with E-state index in [2.05, 4.69) is 36.9 Å². The quantitative estimate of drug-likeness (QED) is 0.391. The number of amides is 1. The van der Waals surface area contributed by atoms with E-state index in [4.69, 9.17) is 4.74 Å². The van der Waals surface area contributed by atoms with Gasteiger partial charge in [0.1, 0.15) is 17.3 Å². The number of thiophene rings is 1. The molecular weight excluding hydrogens is 454 g/mol. The molecule has 0 saturated heterocycles. The number of aromatic nitrogens is 3. The fourth-order valence-corrected chi connectivity index (χ4v) is 5.34. The van der Waals surface area contributed by atoms with Crippen molar-refractivity contribution in [2.45, 2.75) is 17.8 Å². The van der Waals surface area contributed by atoms with Crippen molar-refractivity contribution in [2.24, 2.45) is 9.98 Å². The number of hydrogen-bond acceptors (Lipinski definition) is 7. The molecule has 1 unspecified atom stereocenters. The van der Waals surface area contributed by atoms with Crippen LogP contribution in [0, 0.1) is 0 Å². The molecule has 162 valence electrons. The first kappa shape index (κ1) is 20.1. The molecule has 0 bridgehead atoms. The number of benzene rings is 2. The highest BCUT2D eigenvalue weighted by molar-refractivity contribution is 7.99. The van der Waals surface area contributed by atoms with E-state index in [-0.39, 0.29) is 5.91 Å². The number of amidine groups is 1. The van der Waals surface area contributed by atoms with Gasteiger partial charge in [-0.1, -0.05) is 60.3 Å². The summed E-state index contributed by atoms with van der Waals surface area (Å²) in [6.07, 6.45) is -0.747. The van der Waals surface area contributed by atoms with Crippen molar-refractivity contribution in [1.82, 2.24) is 14.8 Å². The number of rotatable bonds is 6. The minimum atomic E-state index is -0.747. The molecule has 0 spiro atoms. The van der Waals surface area contributed by atoms with Gasteiger partial charge in [0, 0.05) is 5.56 Å². The van der Waals surface area contributed by atoms with Crippen LogP contribution in [-0.4, -0.2) is 44.1 Å². The summed E-state index contributed by atoms with van der Waals surface area (Å²) in [6, 6.07) is 21.8. The lowest BCUT2D eigenvalue weighted by Gasteiger charge is -2.14. The second-order valence-corrected chi connectivity index (χ2v) is 9.39. The van der Waals surface area contributed by atoms with Gasteiger partial charge in [0.2, 0.25) is 6.10 Å². The molecule has 33 heavy (non-hydrogen) atoms. The Hall–Kier alpha value is -3.56. The summed E-state index contributed by atoms with van der Waals surface area (Å²) in [5.74, 6) is 2.03. The second-order valence-electron chi connectivity index (χ2n) is 7.50. The van der Waals surface area contributed by atoms with Crippen LogP contribution in [0.5, 0.6) is 5.75 Å². The van der Waals surface area contributed by atoms with Crippen molar-refractivity contribution in [3.05, 3.63) is 83.2 Å². The maximum absolute atomic E-state index is 12.6. The molecule has 0 N–H and O–H groups in total. The number of thioether (sulfide) groups is 1. The Labute approximate surface area is 197 Å². The van der Waals surface area contributed by atoms with E-state index in [9.17, 15) is 4.79 Å². The summed E-state index contributed by atoms with van der Waals surface area (Å²) in [7, 11) is 0. The molecule has 1 amide bonds. The maximum Gasteiger partial charge on any atom is 0.294 e. The summed E-state index contributed by atoms with van der Waals surface area (Å²) in [5.41, 5.74) is 2.64. The van der Waals surface area contributed by atoms with E-state index in [0.29, 0.717) is 29.6 Å². The highest BCUT2D eigenvalue weighted by atomic mass is 32.2. The zero-order valence-corrected chi connectivity index (χ0v) is 18.9. The van der Waals surface area contributed by atoms with Gasteiger partial charge in [-0.25, -0.2) is 4.99 Å². The van der Waals surface area contributed by atoms with Gasteiger partial charge in [0.25, 0.3) is 5.91 Å². The molecular formula is C24H17N5O2S2. The summed E-state index contributed by atoms with van der Waals surface area (Å²) in [5, 5.41) is 11.7. The number of para-hydroxylation sites is 1. The largest absolute Gasteiger partial charge is 0.473 e. The SMILES string of the molecule is O=C1N=C(CSc2nnc(-c3cccs3)n2Cc2ccccc2)N=C2c3ccccc3OC12. The summed E-state index contributed by atoms with van der Waals surface area (Å²) in [6.45, 7) is 0.645. The van der Waals surface area contributed by atoms with Gasteiger partial charge >= 0.3 is 0 Å². The normalized spacial score (nSPS) is 16.6. The van der Waals surface area contributed by atoms with Crippen molar-refractivity contribution < 1.29 is 9.53 Å². The third-order valence-electron chi connectivity index (χ3n) is 5.34. The van der Waals surface area contributed by atoms with Gasteiger partial charge in [-0.15, -0.1) is 21.5 Å². The Morgan fingerprint density at radius 2 is 1.82 bits per heavy atom. The molecule has 0 fully saturated rings. The zero-order valence-electron chi connectivity index (χ0n) is 17.3. The van der Waals surface area contributed by atoms with Gasteiger partial charge in [0.15, 0.2) is 11.0 Å². The Morgan fingerprint density at radius 1 is 0.970 bits per heavy atom. The Bertz CT molecular complexity index is 1390. The van der Waals surface area contributed by atoms with Gasteiger partial charge in [-0.3, -0.25) is 9.36 Å². The lowest BCUT2D eigenvalue weighted by atomic mass is 10.1.